The molecule has 2 N–H and O–H groups in total. The third-order valence-corrected chi connectivity index (χ3v) is 1.33. The lowest BCUT2D eigenvalue weighted by molar-refractivity contribution is -0.144. The summed E-state index contributed by atoms with van der Waals surface area (Å²) >= 11 is 0. The van der Waals surface area contributed by atoms with Gasteiger partial charge in [-0.25, -0.2) is 0 Å². The van der Waals surface area contributed by atoms with Gasteiger partial charge in [0.15, 0.2) is 5.78 Å². The fraction of sp³-hybridized carbons (Fsp3) is 0.600. The molecule has 50 valence electrons. The van der Waals surface area contributed by atoms with Crippen LogP contribution in [0.15, 0.2) is 0 Å². The van der Waals surface area contributed by atoms with Crippen molar-refractivity contribution in [3.05, 3.63) is 0 Å². The van der Waals surface area contributed by atoms with Gasteiger partial charge in [0, 0.05) is 6.54 Å². The van der Waals surface area contributed by atoms with Crippen LogP contribution in [0.25, 0.3) is 0 Å². The lowest BCUT2D eigenvalue weighted by Crippen LogP contribution is -2.21. The summed E-state index contributed by atoms with van der Waals surface area (Å²) in [4.78, 5) is 20.7. The SMILES string of the molecule is O=C(O)C1CNCC1=O. The molecule has 0 aromatic rings. The van der Waals surface area contributed by atoms with Gasteiger partial charge >= 0.3 is 5.97 Å². The van der Waals surface area contributed by atoms with Crippen molar-refractivity contribution < 1.29 is 14.7 Å². The summed E-state index contributed by atoms with van der Waals surface area (Å²) in [6.45, 7) is 0.491. The summed E-state index contributed by atoms with van der Waals surface area (Å²) in [7, 11) is 0. The van der Waals surface area contributed by atoms with Crippen molar-refractivity contribution in [2.75, 3.05) is 13.1 Å². The molecule has 0 aliphatic carbocycles. The third kappa shape index (κ3) is 1.08. The fourth-order valence-electron chi connectivity index (χ4n) is 0.802. The summed E-state index contributed by atoms with van der Waals surface area (Å²) in [5.74, 6) is -2.04. The van der Waals surface area contributed by atoms with Crippen molar-refractivity contribution in [2.24, 2.45) is 5.92 Å². The maximum Gasteiger partial charge on any atom is 0.315 e. The molecule has 1 atom stereocenters. The minimum Gasteiger partial charge on any atom is -0.481 e. The van der Waals surface area contributed by atoms with E-state index in [4.69, 9.17) is 5.11 Å². The van der Waals surface area contributed by atoms with E-state index in [1.165, 1.54) is 0 Å². The van der Waals surface area contributed by atoms with E-state index in [0.29, 0.717) is 0 Å². The van der Waals surface area contributed by atoms with Gasteiger partial charge in [0.2, 0.25) is 0 Å². The Bertz CT molecular complexity index is 154. The summed E-state index contributed by atoms with van der Waals surface area (Å²) in [5.41, 5.74) is 0. The molecule has 0 aromatic carbocycles. The van der Waals surface area contributed by atoms with Crippen LogP contribution in [0.3, 0.4) is 0 Å². The Morgan fingerprint density at radius 1 is 1.78 bits per heavy atom. The van der Waals surface area contributed by atoms with Crippen LogP contribution in [0.4, 0.5) is 0 Å². The molecule has 0 bridgehead atoms. The van der Waals surface area contributed by atoms with Gasteiger partial charge in [-0.3, -0.25) is 9.59 Å². The number of ketones is 1. The van der Waals surface area contributed by atoms with E-state index in [0.717, 1.165) is 0 Å². The number of carboxylic acid groups (broad SMARTS) is 1. The number of aliphatic carboxylic acids is 1. The lowest BCUT2D eigenvalue weighted by Gasteiger charge is -1.95. The Hall–Kier alpha value is -0.900. The standard InChI is InChI=1S/C5H7NO3/c7-4-2-6-1-3(4)5(8)9/h3,6H,1-2H2,(H,8,9). The Morgan fingerprint density at radius 3 is 2.67 bits per heavy atom. The van der Waals surface area contributed by atoms with E-state index < -0.39 is 11.9 Å². The first-order chi connectivity index (χ1) is 4.22. The van der Waals surface area contributed by atoms with Crippen LogP contribution in [0.5, 0.6) is 0 Å². The number of hydrogen-bond donors (Lipinski definition) is 2. The van der Waals surface area contributed by atoms with Crippen molar-refractivity contribution in [3.63, 3.8) is 0 Å². The van der Waals surface area contributed by atoms with Gasteiger partial charge in [0.25, 0.3) is 0 Å². The van der Waals surface area contributed by atoms with Gasteiger partial charge in [0.05, 0.1) is 6.54 Å². The second kappa shape index (κ2) is 2.14. The molecule has 1 unspecified atom stereocenters. The van der Waals surface area contributed by atoms with Crippen molar-refractivity contribution in [1.29, 1.82) is 0 Å². The molecule has 4 heteroatoms. The summed E-state index contributed by atoms with van der Waals surface area (Å²) in [6, 6.07) is 0. The molecule has 0 amide bonds. The average molecular weight is 129 g/mol. The average Bonchev–Trinajstić information content (AvgIpc) is 2.13. The highest BCUT2D eigenvalue weighted by Gasteiger charge is 2.30. The third-order valence-electron chi connectivity index (χ3n) is 1.33. The molecule has 1 fully saturated rings. The van der Waals surface area contributed by atoms with Gasteiger partial charge < -0.3 is 10.4 Å². The Kier molecular flexibility index (Phi) is 1.48. The van der Waals surface area contributed by atoms with Crippen LogP contribution in [0, 0.1) is 5.92 Å². The number of Topliss-reactive ketones (excluding diaryl/α,β-unsaturated/α-hetero) is 1. The van der Waals surface area contributed by atoms with Crippen molar-refractivity contribution >= 4 is 11.8 Å². The van der Waals surface area contributed by atoms with E-state index in [2.05, 4.69) is 5.32 Å². The molecular formula is C5H7NO3. The number of nitrogens with one attached hydrogen (secondary N) is 1. The lowest BCUT2D eigenvalue weighted by atomic mass is 10.1. The van der Waals surface area contributed by atoms with Crippen LogP contribution in [-0.4, -0.2) is 29.9 Å². The fourth-order valence-corrected chi connectivity index (χ4v) is 0.802. The molecule has 1 rings (SSSR count). The maximum atomic E-state index is 10.6. The second-order valence-electron chi connectivity index (χ2n) is 1.99. The predicted octanol–water partition coefficient (Wildman–Crippen LogP) is -1.14. The van der Waals surface area contributed by atoms with Crippen molar-refractivity contribution in [3.8, 4) is 0 Å². The minimum atomic E-state index is -1.02. The quantitative estimate of drug-likeness (QED) is 0.439. The minimum absolute atomic E-state index is 0.205. The number of carboxylic acids is 1. The first-order valence-corrected chi connectivity index (χ1v) is 2.68. The molecule has 0 radical (unpaired) electrons. The van der Waals surface area contributed by atoms with E-state index in [9.17, 15) is 9.59 Å². The molecule has 1 heterocycles. The number of hydrogen-bond acceptors (Lipinski definition) is 3. The number of carbonyl (C=O) groups is 2. The summed E-state index contributed by atoms with van der Waals surface area (Å²) in [6.07, 6.45) is 0. The predicted molar refractivity (Wildman–Crippen MR) is 29.0 cm³/mol. The van der Waals surface area contributed by atoms with Gasteiger partial charge in [-0.15, -0.1) is 0 Å². The molecule has 1 aliphatic heterocycles. The second-order valence-corrected chi connectivity index (χ2v) is 1.99. The van der Waals surface area contributed by atoms with Crippen LogP contribution >= 0.6 is 0 Å². The largest absolute Gasteiger partial charge is 0.481 e. The first-order valence-electron chi connectivity index (χ1n) is 2.68. The van der Waals surface area contributed by atoms with E-state index in [1.807, 2.05) is 0 Å². The molecule has 1 aliphatic rings. The Labute approximate surface area is 51.9 Å². The van der Waals surface area contributed by atoms with Crippen LogP contribution < -0.4 is 5.32 Å². The highest BCUT2D eigenvalue weighted by Crippen LogP contribution is 2.01. The number of carbonyl (C=O) groups excluding carboxylic acids is 1. The van der Waals surface area contributed by atoms with E-state index >= 15 is 0 Å². The van der Waals surface area contributed by atoms with E-state index in [-0.39, 0.29) is 18.9 Å². The topological polar surface area (TPSA) is 66.4 Å². The zero-order valence-corrected chi connectivity index (χ0v) is 4.76. The first kappa shape index (κ1) is 6.22. The molecule has 4 nitrogen and oxygen atoms in total. The zero-order valence-electron chi connectivity index (χ0n) is 4.76. The number of rotatable bonds is 1. The van der Waals surface area contributed by atoms with Gasteiger partial charge in [-0.2, -0.15) is 0 Å². The highest BCUT2D eigenvalue weighted by molar-refractivity contribution is 6.01. The van der Waals surface area contributed by atoms with Gasteiger partial charge in [0.1, 0.15) is 5.92 Å². The Morgan fingerprint density at radius 2 is 2.44 bits per heavy atom. The van der Waals surface area contributed by atoms with Gasteiger partial charge in [-0.1, -0.05) is 0 Å². The summed E-state index contributed by atoms with van der Waals surface area (Å²) < 4.78 is 0. The summed E-state index contributed by atoms with van der Waals surface area (Å²) in [5, 5.41) is 11.0. The van der Waals surface area contributed by atoms with Crippen molar-refractivity contribution in [1.82, 2.24) is 5.32 Å². The monoisotopic (exact) mass is 129 g/mol. The normalized spacial score (nSPS) is 26.7. The maximum absolute atomic E-state index is 10.6. The molecule has 0 spiro atoms. The Balaban J connectivity index is 2.60. The zero-order chi connectivity index (χ0) is 6.85. The molecule has 0 saturated carbocycles. The van der Waals surface area contributed by atoms with Crippen LogP contribution in [-0.2, 0) is 9.59 Å². The molecule has 9 heavy (non-hydrogen) atoms. The van der Waals surface area contributed by atoms with Crippen molar-refractivity contribution in [2.45, 2.75) is 0 Å². The van der Waals surface area contributed by atoms with Crippen LogP contribution in [0.2, 0.25) is 0 Å². The molecular weight excluding hydrogens is 122 g/mol. The van der Waals surface area contributed by atoms with Crippen LogP contribution in [0.1, 0.15) is 0 Å². The van der Waals surface area contributed by atoms with E-state index in [1.54, 1.807) is 0 Å². The van der Waals surface area contributed by atoms with Gasteiger partial charge in [-0.05, 0) is 0 Å². The highest BCUT2D eigenvalue weighted by atomic mass is 16.4. The molecule has 0 aromatic heterocycles. The smallest absolute Gasteiger partial charge is 0.315 e. The molecule has 1 saturated heterocycles.